The molecule has 0 spiro atoms. The Morgan fingerprint density at radius 1 is 1.07 bits per heavy atom. The first-order valence-electron chi connectivity index (χ1n) is 9.98. The van der Waals surface area contributed by atoms with Crippen LogP contribution in [-0.2, 0) is 0 Å². The molecular weight excluding hydrogens is 400 g/mol. The third kappa shape index (κ3) is 4.24. The summed E-state index contributed by atoms with van der Waals surface area (Å²) < 4.78 is 0. The fourth-order valence-electron chi connectivity index (χ4n) is 3.77. The average molecular weight is 423 g/mol. The number of halogens is 1. The molecule has 154 valence electrons. The van der Waals surface area contributed by atoms with Crippen molar-refractivity contribution in [3.05, 3.63) is 76.4 Å². The molecule has 2 N–H and O–H groups in total. The highest BCUT2D eigenvalue weighted by Crippen LogP contribution is 2.25. The molecule has 30 heavy (non-hydrogen) atoms. The largest absolute Gasteiger partial charge is 0.349 e. The number of nitrogens with zero attached hydrogens (tertiary/aromatic N) is 2. The second-order valence-electron chi connectivity index (χ2n) is 7.52. The predicted octanol–water partition coefficient (Wildman–Crippen LogP) is 4.07. The number of hydrogen-bond acceptors (Lipinski definition) is 3. The van der Waals surface area contributed by atoms with Crippen LogP contribution in [-0.4, -0.2) is 46.0 Å². The van der Waals surface area contributed by atoms with E-state index in [2.05, 4.69) is 15.5 Å². The maximum Gasteiger partial charge on any atom is 0.257 e. The van der Waals surface area contributed by atoms with Crippen molar-refractivity contribution in [1.82, 2.24) is 20.4 Å². The van der Waals surface area contributed by atoms with Crippen LogP contribution in [0, 0.1) is 6.92 Å². The van der Waals surface area contributed by atoms with Crippen LogP contribution in [0.5, 0.6) is 0 Å². The fraction of sp³-hybridized carbons (Fsp3) is 0.261. The molecule has 1 aromatic heterocycles. The van der Waals surface area contributed by atoms with Gasteiger partial charge in [-0.25, -0.2) is 0 Å². The molecule has 1 aliphatic heterocycles. The maximum absolute atomic E-state index is 13.1. The zero-order valence-corrected chi connectivity index (χ0v) is 17.4. The van der Waals surface area contributed by atoms with Crippen molar-refractivity contribution in [2.24, 2.45) is 0 Å². The first-order valence-corrected chi connectivity index (χ1v) is 10.4. The van der Waals surface area contributed by atoms with Crippen LogP contribution in [0.2, 0.25) is 5.02 Å². The summed E-state index contributed by atoms with van der Waals surface area (Å²) in [6, 6.07) is 14.9. The van der Waals surface area contributed by atoms with Gasteiger partial charge in [-0.2, -0.15) is 5.10 Å². The molecule has 4 rings (SSSR count). The second-order valence-corrected chi connectivity index (χ2v) is 7.96. The first-order chi connectivity index (χ1) is 14.5. The highest BCUT2D eigenvalue weighted by molar-refractivity contribution is 6.30. The Bertz CT molecular complexity index is 1050. The zero-order valence-electron chi connectivity index (χ0n) is 16.7. The number of likely N-dealkylation sites (tertiary alicyclic amines) is 1. The van der Waals surface area contributed by atoms with Crippen molar-refractivity contribution in [2.75, 3.05) is 13.1 Å². The summed E-state index contributed by atoms with van der Waals surface area (Å²) in [5, 5.41) is 10.7. The smallest absolute Gasteiger partial charge is 0.257 e. The minimum atomic E-state index is -0.0580. The van der Waals surface area contributed by atoms with Gasteiger partial charge >= 0.3 is 0 Å². The molecule has 0 saturated carbocycles. The molecule has 7 heteroatoms. The van der Waals surface area contributed by atoms with Crippen LogP contribution in [0.4, 0.5) is 0 Å². The van der Waals surface area contributed by atoms with Crippen LogP contribution in [0.3, 0.4) is 0 Å². The minimum Gasteiger partial charge on any atom is -0.349 e. The second kappa shape index (κ2) is 8.71. The normalized spacial score (nSPS) is 14.5. The molecule has 3 aromatic rings. The number of carbonyl (C=O) groups is 2. The van der Waals surface area contributed by atoms with E-state index in [0.29, 0.717) is 34.9 Å². The lowest BCUT2D eigenvalue weighted by atomic mass is 10.0. The van der Waals surface area contributed by atoms with Gasteiger partial charge in [0.15, 0.2) is 0 Å². The van der Waals surface area contributed by atoms with Gasteiger partial charge < -0.3 is 10.2 Å². The molecule has 1 fully saturated rings. The third-order valence-corrected chi connectivity index (χ3v) is 5.76. The molecule has 0 aliphatic carbocycles. The van der Waals surface area contributed by atoms with E-state index >= 15 is 0 Å². The lowest BCUT2D eigenvalue weighted by molar-refractivity contribution is 0.0699. The van der Waals surface area contributed by atoms with Gasteiger partial charge in [-0.1, -0.05) is 41.9 Å². The van der Waals surface area contributed by atoms with Gasteiger partial charge in [0, 0.05) is 35.3 Å². The lowest BCUT2D eigenvalue weighted by Crippen LogP contribution is -2.46. The van der Waals surface area contributed by atoms with Gasteiger partial charge in [0.1, 0.15) is 0 Å². The van der Waals surface area contributed by atoms with Crippen molar-refractivity contribution in [2.45, 2.75) is 25.8 Å². The van der Waals surface area contributed by atoms with Crippen LogP contribution in [0.1, 0.15) is 39.1 Å². The molecular formula is C23H23ClN4O2. The Balaban J connectivity index is 1.39. The average Bonchev–Trinajstić information content (AvgIpc) is 3.24. The number of H-pyrrole nitrogens is 1. The van der Waals surface area contributed by atoms with E-state index in [-0.39, 0.29) is 17.9 Å². The highest BCUT2D eigenvalue weighted by atomic mass is 35.5. The Kier molecular flexibility index (Phi) is 5.86. The molecule has 0 atom stereocenters. The monoisotopic (exact) mass is 422 g/mol. The predicted molar refractivity (Wildman–Crippen MR) is 117 cm³/mol. The van der Waals surface area contributed by atoms with Crippen LogP contribution >= 0.6 is 11.6 Å². The van der Waals surface area contributed by atoms with Crippen LogP contribution in [0.25, 0.3) is 11.3 Å². The SMILES string of the molecule is Cc1ccccc1C(=O)NC1CCN(C(=O)c2cn[nH]c2-c2ccc(Cl)cc2)CC1. The molecule has 2 aromatic carbocycles. The molecule has 0 bridgehead atoms. The summed E-state index contributed by atoms with van der Waals surface area (Å²) in [6.45, 7) is 3.10. The standard InChI is InChI=1S/C23H23ClN4O2/c1-15-4-2-3-5-19(15)22(29)26-18-10-12-28(13-11-18)23(30)20-14-25-27-21(20)16-6-8-17(24)9-7-16/h2-9,14,18H,10-13H2,1H3,(H,25,27)(H,26,29). The van der Waals surface area contributed by atoms with E-state index in [1.165, 1.54) is 0 Å². The van der Waals surface area contributed by atoms with E-state index in [4.69, 9.17) is 11.6 Å². The van der Waals surface area contributed by atoms with E-state index < -0.39 is 0 Å². The van der Waals surface area contributed by atoms with Crippen LogP contribution in [0.15, 0.2) is 54.7 Å². The molecule has 6 nitrogen and oxygen atoms in total. The van der Waals surface area contributed by atoms with Crippen molar-refractivity contribution >= 4 is 23.4 Å². The van der Waals surface area contributed by atoms with E-state index in [9.17, 15) is 9.59 Å². The number of hydrogen-bond donors (Lipinski definition) is 2. The Morgan fingerprint density at radius 2 is 1.77 bits per heavy atom. The van der Waals surface area contributed by atoms with Gasteiger partial charge in [0.25, 0.3) is 11.8 Å². The van der Waals surface area contributed by atoms with E-state index in [0.717, 1.165) is 24.0 Å². The number of benzene rings is 2. The van der Waals surface area contributed by atoms with Crippen LogP contribution < -0.4 is 5.32 Å². The van der Waals surface area contributed by atoms with Crippen molar-refractivity contribution < 1.29 is 9.59 Å². The summed E-state index contributed by atoms with van der Waals surface area (Å²) >= 11 is 5.96. The summed E-state index contributed by atoms with van der Waals surface area (Å²) in [5.74, 6) is -0.116. The number of rotatable bonds is 4. The molecule has 0 unspecified atom stereocenters. The fourth-order valence-corrected chi connectivity index (χ4v) is 3.90. The highest BCUT2D eigenvalue weighted by Gasteiger charge is 2.27. The topological polar surface area (TPSA) is 78.1 Å². The van der Waals surface area contributed by atoms with Gasteiger partial charge in [-0.05, 0) is 43.5 Å². The quantitative estimate of drug-likeness (QED) is 0.665. The summed E-state index contributed by atoms with van der Waals surface area (Å²) in [5.41, 5.74) is 3.74. The molecule has 0 radical (unpaired) electrons. The van der Waals surface area contributed by atoms with E-state index in [1.54, 1.807) is 18.3 Å². The van der Waals surface area contributed by atoms with Gasteiger partial charge in [0.2, 0.25) is 0 Å². The minimum absolute atomic E-state index is 0.0567. The van der Waals surface area contributed by atoms with Gasteiger partial charge in [-0.3, -0.25) is 14.7 Å². The van der Waals surface area contributed by atoms with Gasteiger partial charge in [-0.15, -0.1) is 0 Å². The summed E-state index contributed by atoms with van der Waals surface area (Å²) in [6.07, 6.45) is 3.01. The number of aryl methyl sites for hydroxylation is 1. The van der Waals surface area contributed by atoms with Crippen molar-refractivity contribution in [3.63, 3.8) is 0 Å². The number of aromatic nitrogens is 2. The number of carbonyl (C=O) groups excluding carboxylic acids is 2. The number of piperidine rings is 1. The molecule has 2 heterocycles. The first kappa shape index (κ1) is 20.2. The maximum atomic E-state index is 13.1. The van der Waals surface area contributed by atoms with Crippen molar-refractivity contribution in [3.8, 4) is 11.3 Å². The Labute approximate surface area is 180 Å². The number of nitrogens with one attached hydrogen (secondary N) is 2. The molecule has 1 aliphatic rings. The zero-order chi connectivity index (χ0) is 21.1. The lowest BCUT2D eigenvalue weighted by Gasteiger charge is -2.32. The molecule has 1 saturated heterocycles. The van der Waals surface area contributed by atoms with Gasteiger partial charge in [0.05, 0.1) is 17.5 Å². The molecule has 2 amide bonds. The van der Waals surface area contributed by atoms with E-state index in [1.807, 2.05) is 48.2 Å². The summed E-state index contributed by atoms with van der Waals surface area (Å²) in [4.78, 5) is 27.4. The Morgan fingerprint density at radius 3 is 2.47 bits per heavy atom. The number of aromatic amines is 1. The number of amides is 2. The Hall–Kier alpha value is -3.12. The third-order valence-electron chi connectivity index (χ3n) is 5.51. The van der Waals surface area contributed by atoms with Crippen molar-refractivity contribution in [1.29, 1.82) is 0 Å². The summed E-state index contributed by atoms with van der Waals surface area (Å²) in [7, 11) is 0.